The number of esters is 1. The van der Waals surface area contributed by atoms with Crippen molar-refractivity contribution < 1.29 is 28.1 Å². The molecule has 3 aliphatic heterocycles. The van der Waals surface area contributed by atoms with Crippen molar-refractivity contribution in [3.63, 3.8) is 0 Å². The van der Waals surface area contributed by atoms with Crippen LogP contribution in [0.1, 0.15) is 17.2 Å². The van der Waals surface area contributed by atoms with Gasteiger partial charge in [-0.05, 0) is 18.2 Å². The maximum absolute atomic E-state index is 13.7. The topological polar surface area (TPSA) is 122 Å². The highest BCUT2D eigenvalue weighted by Crippen LogP contribution is 2.36. The molecule has 2 fully saturated rings. The van der Waals surface area contributed by atoms with Crippen LogP contribution < -0.4 is 5.73 Å². The summed E-state index contributed by atoms with van der Waals surface area (Å²) < 4.78 is 24.5. The van der Waals surface area contributed by atoms with Gasteiger partial charge in [0.15, 0.2) is 6.10 Å². The minimum atomic E-state index is -1.55. The molecule has 5 rings (SSSR count). The Morgan fingerprint density at radius 2 is 1.58 bits per heavy atom. The number of β-lactam (4-membered cyclic amide) rings is 1. The number of carbonyl (C=O) groups is 3. The number of rotatable bonds is 6. The SMILES string of the molecule is CN1CCN(C(=O)OCC2=C(C(=O)OC(c3ccccc3)c3ccccc3)N3C(=O)C(N)[C@H]3S(=O)C2)CC1. The fourth-order valence-electron chi connectivity index (χ4n) is 4.83. The first-order chi connectivity index (χ1) is 18.3. The van der Waals surface area contributed by atoms with E-state index in [0.29, 0.717) is 13.1 Å². The van der Waals surface area contributed by atoms with Crippen LogP contribution in [-0.2, 0) is 29.9 Å². The van der Waals surface area contributed by atoms with Crippen molar-refractivity contribution in [2.45, 2.75) is 17.5 Å². The average molecular weight is 539 g/mol. The molecule has 0 saturated carbocycles. The van der Waals surface area contributed by atoms with E-state index in [1.54, 1.807) is 4.90 Å². The van der Waals surface area contributed by atoms with Gasteiger partial charge < -0.3 is 25.0 Å². The van der Waals surface area contributed by atoms with Crippen LogP contribution in [0.5, 0.6) is 0 Å². The lowest BCUT2D eigenvalue weighted by Crippen LogP contribution is -2.72. The quantitative estimate of drug-likeness (QED) is 0.430. The second-order valence-corrected chi connectivity index (χ2v) is 11.1. The largest absolute Gasteiger partial charge is 0.448 e. The smallest absolute Gasteiger partial charge is 0.410 e. The van der Waals surface area contributed by atoms with Crippen molar-refractivity contribution in [3.05, 3.63) is 83.1 Å². The van der Waals surface area contributed by atoms with E-state index in [1.807, 2.05) is 67.7 Å². The van der Waals surface area contributed by atoms with Crippen molar-refractivity contribution in [2.24, 2.45) is 5.73 Å². The molecule has 3 atom stereocenters. The molecule has 3 aliphatic rings. The molecule has 3 heterocycles. The second kappa shape index (κ2) is 11.1. The van der Waals surface area contributed by atoms with E-state index < -0.39 is 46.3 Å². The van der Waals surface area contributed by atoms with Crippen molar-refractivity contribution >= 4 is 28.8 Å². The molecule has 2 aromatic carbocycles. The van der Waals surface area contributed by atoms with Crippen LogP contribution in [0.4, 0.5) is 4.79 Å². The number of carbonyl (C=O) groups excluding carboxylic acids is 3. The lowest BCUT2D eigenvalue weighted by molar-refractivity contribution is -0.153. The average Bonchev–Trinajstić information content (AvgIpc) is 2.95. The van der Waals surface area contributed by atoms with E-state index >= 15 is 0 Å². The van der Waals surface area contributed by atoms with Gasteiger partial charge in [-0.1, -0.05) is 60.7 Å². The van der Waals surface area contributed by atoms with Gasteiger partial charge >= 0.3 is 12.1 Å². The molecule has 2 N–H and O–H groups in total. The van der Waals surface area contributed by atoms with Crippen LogP contribution >= 0.6 is 0 Å². The van der Waals surface area contributed by atoms with Crippen molar-refractivity contribution in [1.82, 2.24) is 14.7 Å². The number of fused-ring (bicyclic) bond motifs is 1. The summed E-state index contributed by atoms with van der Waals surface area (Å²) in [6.45, 7) is 2.21. The summed E-state index contributed by atoms with van der Waals surface area (Å²) in [6.07, 6.45) is -1.27. The molecular weight excluding hydrogens is 508 g/mol. The highest BCUT2D eigenvalue weighted by Gasteiger charge is 2.55. The van der Waals surface area contributed by atoms with Gasteiger partial charge in [0.25, 0.3) is 0 Å². The van der Waals surface area contributed by atoms with Crippen molar-refractivity contribution in [1.29, 1.82) is 0 Å². The lowest BCUT2D eigenvalue weighted by Gasteiger charge is -2.48. The highest BCUT2D eigenvalue weighted by atomic mass is 32.2. The molecule has 10 nitrogen and oxygen atoms in total. The van der Waals surface area contributed by atoms with Gasteiger partial charge in [-0.25, -0.2) is 9.59 Å². The van der Waals surface area contributed by atoms with Gasteiger partial charge in [-0.2, -0.15) is 0 Å². The minimum absolute atomic E-state index is 0.0515. The van der Waals surface area contributed by atoms with Crippen LogP contribution in [-0.4, -0.2) is 93.9 Å². The van der Waals surface area contributed by atoms with Crippen LogP contribution in [0.2, 0.25) is 0 Å². The summed E-state index contributed by atoms with van der Waals surface area (Å²) in [5.74, 6) is -1.34. The number of likely N-dealkylation sites (N-methyl/N-ethyl adjacent to an activating group) is 1. The fourth-order valence-corrected chi connectivity index (χ4v) is 6.45. The standard InChI is InChI=1S/C27H30N4O6S/c1-29-12-14-30(15-13-29)27(34)36-16-20-17-38(35)25-21(28)24(32)31(25)22(20)26(33)37-23(18-8-4-2-5-9-18)19-10-6-3-7-11-19/h2-11,21,23,25H,12-17,28H2,1H3/t21?,25-,38?/m1/s1. The first kappa shape index (κ1) is 26.1. The molecular formula is C27H30N4O6S. The summed E-state index contributed by atoms with van der Waals surface area (Å²) in [4.78, 5) is 44.0. The molecule has 0 spiro atoms. The number of amides is 2. The first-order valence-electron chi connectivity index (χ1n) is 12.4. The maximum Gasteiger partial charge on any atom is 0.410 e. The van der Waals surface area contributed by atoms with Crippen LogP contribution in [0, 0.1) is 0 Å². The zero-order valence-electron chi connectivity index (χ0n) is 21.0. The van der Waals surface area contributed by atoms with Gasteiger partial charge in [0, 0.05) is 31.8 Å². The van der Waals surface area contributed by atoms with Crippen molar-refractivity contribution in [3.8, 4) is 0 Å². The Morgan fingerprint density at radius 1 is 1.00 bits per heavy atom. The molecule has 11 heteroatoms. The van der Waals surface area contributed by atoms with Crippen LogP contribution in [0.3, 0.4) is 0 Å². The molecule has 2 aromatic rings. The Balaban J connectivity index is 1.43. The summed E-state index contributed by atoms with van der Waals surface area (Å²) in [6, 6.07) is 17.5. The number of hydrogen-bond donors (Lipinski definition) is 1. The van der Waals surface area contributed by atoms with Crippen LogP contribution in [0.25, 0.3) is 0 Å². The van der Waals surface area contributed by atoms with E-state index in [-0.39, 0.29) is 23.6 Å². The fraction of sp³-hybridized carbons (Fsp3) is 0.370. The molecule has 0 aliphatic carbocycles. The molecule has 0 aromatic heterocycles. The minimum Gasteiger partial charge on any atom is -0.448 e. The number of benzene rings is 2. The third kappa shape index (κ3) is 5.09. The number of nitrogens with two attached hydrogens (primary N) is 1. The number of ether oxygens (including phenoxy) is 2. The molecule has 2 saturated heterocycles. The van der Waals surface area contributed by atoms with Gasteiger partial charge in [0.05, 0.1) is 16.6 Å². The van der Waals surface area contributed by atoms with Crippen LogP contribution in [0.15, 0.2) is 71.9 Å². The molecule has 2 amide bonds. The highest BCUT2D eigenvalue weighted by molar-refractivity contribution is 7.86. The normalized spacial score (nSPS) is 23.7. The zero-order chi connectivity index (χ0) is 26.8. The number of hydrogen-bond acceptors (Lipinski definition) is 8. The van der Waals surface area contributed by atoms with E-state index in [2.05, 4.69) is 4.90 Å². The van der Waals surface area contributed by atoms with E-state index in [1.165, 1.54) is 0 Å². The predicted molar refractivity (Wildman–Crippen MR) is 140 cm³/mol. The van der Waals surface area contributed by atoms with Gasteiger partial charge in [0.1, 0.15) is 23.7 Å². The first-order valence-corrected chi connectivity index (χ1v) is 13.8. The Kier molecular flexibility index (Phi) is 7.59. The molecule has 0 radical (unpaired) electrons. The van der Waals surface area contributed by atoms with Gasteiger partial charge in [0.2, 0.25) is 5.91 Å². The molecule has 2 unspecified atom stereocenters. The Hall–Kier alpha value is -3.54. The van der Waals surface area contributed by atoms with E-state index in [4.69, 9.17) is 15.2 Å². The zero-order valence-corrected chi connectivity index (χ0v) is 21.8. The van der Waals surface area contributed by atoms with Crippen molar-refractivity contribution in [2.75, 3.05) is 45.6 Å². The Labute approximate surface area is 223 Å². The number of piperazine rings is 1. The predicted octanol–water partition coefficient (Wildman–Crippen LogP) is 1.22. The maximum atomic E-state index is 13.7. The Bertz CT molecular complexity index is 1220. The number of nitrogens with zero attached hydrogens (tertiary/aromatic N) is 3. The van der Waals surface area contributed by atoms with Gasteiger partial charge in [-0.3, -0.25) is 13.9 Å². The van der Waals surface area contributed by atoms with E-state index in [9.17, 15) is 18.6 Å². The van der Waals surface area contributed by atoms with E-state index in [0.717, 1.165) is 29.1 Å². The third-order valence-electron chi connectivity index (χ3n) is 7.00. The summed E-state index contributed by atoms with van der Waals surface area (Å²) >= 11 is 0. The summed E-state index contributed by atoms with van der Waals surface area (Å²) in [7, 11) is 0.426. The molecule has 38 heavy (non-hydrogen) atoms. The monoisotopic (exact) mass is 538 g/mol. The lowest BCUT2D eigenvalue weighted by atomic mass is 10.0. The second-order valence-electron chi connectivity index (χ2n) is 9.55. The Morgan fingerprint density at radius 3 is 2.16 bits per heavy atom. The molecule has 0 bridgehead atoms. The summed E-state index contributed by atoms with van der Waals surface area (Å²) in [5, 5.41) is -0.825. The molecule has 200 valence electrons. The summed E-state index contributed by atoms with van der Waals surface area (Å²) in [5.41, 5.74) is 7.65. The van der Waals surface area contributed by atoms with Gasteiger partial charge in [-0.15, -0.1) is 0 Å². The third-order valence-corrected chi connectivity index (χ3v) is 8.68.